The molecule has 0 aliphatic carbocycles. The van der Waals surface area contributed by atoms with Gasteiger partial charge in [-0.15, -0.1) is 23.2 Å². The molecule has 0 aliphatic heterocycles. The first-order valence-corrected chi connectivity index (χ1v) is 7.37. The van der Waals surface area contributed by atoms with Crippen LogP contribution in [0.25, 0.3) is 0 Å². The molecule has 108 valence electrons. The minimum absolute atomic E-state index is 0.332. The van der Waals surface area contributed by atoms with Gasteiger partial charge in [-0.25, -0.2) is 4.79 Å². The van der Waals surface area contributed by atoms with Gasteiger partial charge in [-0.1, -0.05) is 13.3 Å². The molecular formula is C12H19Cl2N3O2. The Morgan fingerprint density at radius 1 is 1.11 bits per heavy atom. The summed E-state index contributed by atoms with van der Waals surface area (Å²) in [5, 5.41) is 0. The van der Waals surface area contributed by atoms with Crippen LogP contribution in [0.15, 0.2) is 9.59 Å². The van der Waals surface area contributed by atoms with E-state index in [0.717, 1.165) is 6.42 Å². The number of aromatic nitrogens is 2. The summed E-state index contributed by atoms with van der Waals surface area (Å²) in [7, 11) is 0. The maximum atomic E-state index is 11.9. The zero-order valence-electron chi connectivity index (χ0n) is 11.0. The number of aryl methyl sites for hydroxylation is 1. The predicted molar refractivity (Wildman–Crippen MR) is 78.4 cm³/mol. The van der Waals surface area contributed by atoms with Gasteiger partial charge in [0.25, 0.3) is 5.56 Å². The van der Waals surface area contributed by atoms with E-state index < -0.39 is 5.69 Å². The minimum atomic E-state index is -0.460. The van der Waals surface area contributed by atoms with Crippen LogP contribution in [0.1, 0.15) is 24.6 Å². The van der Waals surface area contributed by atoms with Crippen LogP contribution in [0.5, 0.6) is 0 Å². The van der Waals surface area contributed by atoms with Crippen molar-refractivity contribution in [1.82, 2.24) is 14.9 Å². The van der Waals surface area contributed by atoms with E-state index in [9.17, 15) is 9.59 Å². The molecule has 19 heavy (non-hydrogen) atoms. The molecule has 7 heteroatoms. The summed E-state index contributed by atoms with van der Waals surface area (Å²) in [6.45, 7) is 3.75. The molecule has 5 nitrogen and oxygen atoms in total. The van der Waals surface area contributed by atoms with E-state index in [1.165, 1.54) is 0 Å². The summed E-state index contributed by atoms with van der Waals surface area (Å²) in [6, 6.07) is 0. The van der Waals surface area contributed by atoms with E-state index in [-0.39, 0.29) is 5.56 Å². The largest absolute Gasteiger partial charge is 0.325 e. The Hall–Kier alpha value is -0.780. The lowest BCUT2D eigenvalue weighted by Gasteiger charge is -2.20. The lowest BCUT2D eigenvalue weighted by Crippen LogP contribution is -2.34. The highest BCUT2D eigenvalue weighted by atomic mass is 35.5. The van der Waals surface area contributed by atoms with Gasteiger partial charge in [-0.05, 0) is 6.42 Å². The number of hydrogen-bond acceptors (Lipinski definition) is 3. The highest BCUT2D eigenvalue weighted by Gasteiger charge is 2.13. The molecule has 2 N–H and O–H groups in total. The van der Waals surface area contributed by atoms with Crippen LogP contribution >= 0.6 is 23.2 Å². The second kappa shape index (κ2) is 8.40. The molecule has 1 aromatic heterocycles. The molecule has 1 aromatic rings. The van der Waals surface area contributed by atoms with Crippen LogP contribution in [0.2, 0.25) is 0 Å². The van der Waals surface area contributed by atoms with Gasteiger partial charge in [0.15, 0.2) is 0 Å². The number of nitrogens with one attached hydrogen (secondary N) is 2. The van der Waals surface area contributed by atoms with Gasteiger partial charge in [0.05, 0.1) is 5.56 Å². The van der Waals surface area contributed by atoms with Crippen LogP contribution in [-0.4, -0.2) is 39.7 Å². The summed E-state index contributed by atoms with van der Waals surface area (Å²) in [5.41, 5.74) is 0.502. The third kappa shape index (κ3) is 5.01. The summed E-state index contributed by atoms with van der Waals surface area (Å²) in [6.07, 6.45) is 1.53. The molecule has 0 amide bonds. The summed E-state index contributed by atoms with van der Waals surface area (Å²) in [4.78, 5) is 30.2. The Bertz CT molecular complexity index is 492. The third-order valence-corrected chi connectivity index (χ3v) is 3.15. The average molecular weight is 308 g/mol. The molecule has 0 saturated heterocycles. The first-order valence-electron chi connectivity index (χ1n) is 6.31. The third-order valence-electron chi connectivity index (χ3n) is 2.81. The molecule has 0 bridgehead atoms. The molecular weight excluding hydrogens is 289 g/mol. The predicted octanol–water partition coefficient (Wildman–Crippen LogP) is 1.30. The molecule has 0 unspecified atom stereocenters. The number of halogens is 2. The highest BCUT2D eigenvalue weighted by Crippen LogP contribution is 2.06. The van der Waals surface area contributed by atoms with Gasteiger partial charge >= 0.3 is 5.69 Å². The number of rotatable bonds is 8. The Kier molecular flexibility index (Phi) is 7.20. The van der Waals surface area contributed by atoms with Crippen LogP contribution < -0.4 is 11.2 Å². The van der Waals surface area contributed by atoms with E-state index in [1.807, 2.05) is 11.8 Å². The van der Waals surface area contributed by atoms with Crippen molar-refractivity contribution in [2.24, 2.45) is 0 Å². The van der Waals surface area contributed by atoms with E-state index in [2.05, 4.69) is 9.97 Å². The number of hydrogen-bond donors (Lipinski definition) is 2. The molecule has 1 rings (SSSR count). The van der Waals surface area contributed by atoms with Crippen LogP contribution in [0.3, 0.4) is 0 Å². The molecule has 0 spiro atoms. The van der Waals surface area contributed by atoms with E-state index in [1.54, 1.807) is 0 Å². The lowest BCUT2D eigenvalue weighted by molar-refractivity contribution is 0.296. The summed E-state index contributed by atoms with van der Waals surface area (Å²) in [5.74, 6) is 0.947. The van der Waals surface area contributed by atoms with Crippen LogP contribution in [0.4, 0.5) is 0 Å². The second-order valence-electron chi connectivity index (χ2n) is 4.27. The first-order chi connectivity index (χ1) is 9.12. The lowest BCUT2D eigenvalue weighted by atomic mass is 10.1. The Morgan fingerprint density at radius 3 is 2.26 bits per heavy atom. The highest BCUT2D eigenvalue weighted by molar-refractivity contribution is 6.18. The minimum Gasteiger partial charge on any atom is -0.311 e. The summed E-state index contributed by atoms with van der Waals surface area (Å²) >= 11 is 11.5. The molecule has 0 radical (unpaired) electrons. The molecule has 0 fully saturated rings. The second-order valence-corrected chi connectivity index (χ2v) is 5.03. The summed E-state index contributed by atoms with van der Waals surface area (Å²) < 4.78 is 0. The van der Waals surface area contributed by atoms with Crippen molar-refractivity contribution in [3.05, 3.63) is 32.1 Å². The van der Waals surface area contributed by atoms with Gasteiger partial charge in [0, 0.05) is 37.1 Å². The molecule has 0 aromatic carbocycles. The zero-order chi connectivity index (χ0) is 14.3. The average Bonchev–Trinajstić information content (AvgIpc) is 2.34. The fourth-order valence-electron chi connectivity index (χ4n) is 1.92. The SMILES string of the molecule is CCCc1[nH]c(=O)[nH]c(=O)c1CN(CCCl)CCCl. The quantitative estimate of drug-likeness (QED) is 0.711. The maximum Gasteiger partial charge on any atom is 0.325 e. The fraction of sp³-hybridized carbons (Fsp3) is 0.667. The normalized spacial score (nSPS) is 11.2. The molecule has 0 saturated carbocycles. The van der Waals surface area contributed by atoms with Crippen molar-refractivity contribution in [3.8, 4) is 0 Å². The number of nitrogens with zero attached hydrogens (tertiary/aromatic N) is 1. The van der Waals surface area contributed by atoms with Crippen molar-refractivity contribution in [2.75, 3.05) is 24.8 Å². The van der Waals surface area contributed by atoms with Crippen molar-refractivity contribution in [3.63, 3.8) is 0 Å². The smallest absolute Gasteiger partial charge is 0.311 e. The number of aromatic amines is 2. The van der Waals surface area contributed by atoms with E-state index in [0.29, 0.717) is 49.1 Å². The Balaban J connectivity index is 3.03. The van der Waals surface area contributed by atoms with Gasteiger partial charge in [-0.2, -0.15) is 0 Å². The van der Waals surface area contributed by atoms with Gasteiger partial charge in [0.2, 0.25) is 0 Å². The maximum absolute atomic E-state index is 11.9. The van der Waals surface area contributed by atoms with Crippen molar-refractivity contribution in [2.45, 2.75) is 26.3 Å². The number of alkyl halides is 2. The van der Waals surface area contributed by atoms with E-state index >= 15 is 0 Å². The molecule has 0 atom stereocenters. The monoisotopic (exact) mass is 307 g/mol. The van der Waals surface area contributed by atoms with Crippen LogP contribution in [0, 0.1) is 0 Å². The van der Waals surface area contributed by atoms with Gasteiger partial charge in [0.1, 0.15) is 0 Å². The standard InChI is InChI=1S/C12H19Cl2N3O2/c1-2-3-10-9(11(18)16-12(19)15-10)8-17(6-4-13)7-5-14/h2-8H2,1H3,(H2,15,16,18,19). The molecule has 0 aliphatic rings. The van der Waals surface area contributed by atoms with Crippen molar-refractivity contribution in [1.29, 1.82) is 0 Å². The first kappa shape index (κ1) is 16.3. The topological polar surface area (TPSA) is 69.0 Å². The van der Waals surface area contributed by atoms with Gasteiger partial charge < -0.3 is 4.98 Å². The van der Waals surface area contributed by atoms with E-state index in [4.69, 9.17) is 23.2 Å². The van der Waals surface area contributed by atoms with Crippen molar-refractivity contribution >= 4 is 23.2 Å². The Labute approximate surface area is 121 Å². The van der Waals surface area contributed by atoms with Crippen LogP contribution in [-0.2, 0) is 13.0 Å². The number of H-pyrrole nitrogens is 2. The zero-order valence-corrected chi connectivity index (χ0v) is 12.5. The van der Waals surface area contributed by atoms with Crippen molar-refractivity contribution < 1.29 is 0 Å². The molecule has 1 heterocycles. The Morgan fingerprint density at radius 2 is 1.74 bits per heavy atom. The van der Waals surface area contributed by atoms with Gasteiger partial charge in [-0.3, -0.25) is 14.7 Å². The fourth-order valence-corrected chi connectivity index (χ4v) is 2.40.